The molecule has 1 amide bonds. The predicted octanol–water partition coefficient (Wildman–Crippen LogP) is 0.479. The zero-order valence-electron chi connectivity index (χ0n) is 15.2. The van der Waals surface area contributed by atoms with Crippen LogP contribution < -0.4 is 5.73 Å². The normalized spacial score (nSPS) is 22.0. The van der Waals surface area contributed by atoms with E-state index in [0.29, 0.717) is 11.3 Å². The largest absolute Gasteiger partial charge is 0.477 e. The molecule has 25 heavy (non-hydrogen) atoms. The van der Waals surface area contributed by atoms with Crippen LogP contribution in [0.25, 0.3) is 0 Å². The molecule has 0 unspecified atom stereocenters. The molecule has 0 saturated carbocycles. The van der Waals surface area contributed by atoms with Crippen LogP contribution in [0.3, 0.4) is 0 Å². The number of ether oxygens (including phenoxy) is 1. The third-order valence-corrected chi connectivity index (χ3v) is 5.44. The maximum atomic E-state index is 11.6. The van der Waals surface area contributed by atoms with Gasteiger partial charge in [-0.05, 0) is 19.6 Å². The van der Waals surface area contributed by atoms with E-state index in [1.807, 2.05) is 0 Å². The standard InChI is InChI=1S/C10H12N2O5S.C6H15N/c1-4(13)17-2-5-3-18-9-6(11)8(14)12(9)7(5)10(15)16;1-4-7(5-2)6-3/h6,9H,2-3,11H2,1H3,(H,15,16);4-6H2,1-3H3/t6-,9-;/m1./s1. The van der Waals surface area contributed by atoms with Crippen LogP contribution in [0.5, 0.6) is 0 Å². The Morgan fingerprint density at radius 3 is 2.28 bits per heavy atom. The number of aliphatic carboxylic acids is 1. The molecule has 0 aliphatic carbocycles. The van der Waals surface area contributed by atoms with Gasteiger partial charge >= 0.3 is 11.9 Å². The second-order valence-corrected chi connectivity index (χ2v) is 6.70. The number of carboxylic acid groups (broad SMARTS) is 1. The van der Waals surface area contributed by atoms with E-state index < -0.39 is 23.9 Å². The number of esters is 1. The lowest BCUT2D eigenvalue weighted by Gasteiger charge is -2.47. The summed E-state index contributed by atoms with van der Waals surface area (Å²) in [5, 5.41) is 8.83. The lowest BCUT2D eigenvalue weighted by Crippen LogP contribution is -2.68. The molecule has 2 aliphatic heterocycles. The van der Waals surface area contributed by atoms with Gasteiger partial charge in [-0.25, -0.2) is 4.79 Å². The van der Waals surface area contributed by atoms with Gasteiger partial charge in [0, 0.05) is 18.2 Å². The number of thioether (sulfide) groups is 1. The molecule has 0 aromatic carbocycles. The van der Waals surface area contributed by atoms with Crippen molar-refractivity contribution in [3.05, 3.63) is 11.3 Å². The number of hydrogen-bond acceptors (Lipinski definition) is 7. The Morgan fingerprint density at radius 2 is 1.88 bits per heavy atom. The quantitative estimate of drug-likeness (QED) is 0.510. The van der Waals surface area contributed by atoms with E-state index in [-0.39, 0.29) is 17.7 Å². The van der Waals surface area contributed by atoms with Gasteiger partial charge in [0.15, 0.2) is 0 Å². The molecular formula is C16H27N3O5S. The summed E-state index contributed by atoms with van der Waals surface area (Å²) in [4.78, 5) is 37.1. The van der Waals surface area contributed by atoms with Crippen LogP contribution in [0.1, 0.15) is 27.7 Å². The van der Waals surface area contributed by atoms with Gasteiger partial charge in [-0.3, -0.25) is 14.5 Å². The molecule has 2 rings (SSSR count). The molecule has 8 nitrogen and oxygen atoms in total. The Balaban J connectivity index is 0.000000381. The summed E-state index contributed by atoms with van der Waals surface area (Å²) in [5.74, 6) is -1.73. The molecule has 0 aromatic rings. The minimum Gasteiger partial charge on any atom is -0.477 e. The Kier molecular flexibility index (Phi) is 8.40. The molecule has 2 heterocycles. The summed E-state index contributed by atoms with van der Waals surface area (Å²) < 4.78 is 4.79. The van der Waals surface area contributed by atoms with Crippen LogP contribution in [0.15, 0.2) is 11.3 Å². The van der Waals surface area contributed by atoms with Crippen molar-refractivity contribution in [2.24, 2.45) is 5.73 Å². The minimum atomic E-state index is -1.21. The summed E-state index contributed by atoms with van der Waals surface area (Å²) in [5.41, 5.74) is 5.90. The number of carboxylic acids is 1. The molecule has 0 spiro atoms. The van der Waals surface area contributed by atoms with E-state index in [1.165, 1.54) is 43.2 Å². The molecule has 0 bridgehead atoms. The van der Waals surface area contributed by atoms with Crippen molar-refractivity contribution in [1.29, 1.82) is 0 Å². The number of amides is 1. The predicted molar refractivity (Wildman–Crippen MR) is 95.8 cm³/mol. The van der Waals surface area contributed by atoms with Crippen LogP contribution in [0, 0.1) is 0 Å². The van der Waals surface area contributed by atoms with Crippen molar-refractivity contribution in [3.8, 4) is 0 Å². The van der Waals surface area contributed by atoms with Gasteiger partial charge in [0.1, 0.15) is 23.7 Å². The summed E-state index contributed by atoms with van der Waals surface area (Å²) in [7, 11) is 0. The van der Waals surface area contributed by atoms with Crippen molar-refractivity contribution in [2.45, 2.75) is 39.1 Å². The third-order valence-electron chi connectivity index (χ3n) is 4.08. The Morgan fingerprint density at radius 1 is 1.32 bits per heavy atom. The minimum absolute atomic E-state index is 0.105. The summed E-state index contributed by atoms with van der Waals surface area (Å²) in [6.07, 6.45) is 0. The number of hydrogen-bond donors (Lipinski definition) is 2. The highest BCUT2D eigenvalue weighted by Gasteiger charge is 2.51. The molecule has 142 valence electrons. The molecule has 9 heteroatoms. The average molecular weight is 373 g/mol. The van der Waals surface area contributed by atoms with E-state index in [4.69, 9.17) is 15.6 Å². The zero-order chi connectivity index (χ0) is 19.1. The van der Waals surface area contributed by atoms with Crippen LogP contribution in [-0.2, 0) is 19.1 Å². The Labute approximate surface area is 152 Å². The van der Waals surface area contributed by atoms with E-state index in [9.17, 15) is 14.4 Å². The van der Waals surface area contributed by atoms with Gasteiger partial charge in [0.05, 0.1) is 0 Å². The van der Waals surface area contributed by atoms with Crippen molar-refractivity contribution < 1.29 is 24.2 Å². The zero-order valence-corrected chi connectivity index (χ0v) is 16.0. The smallest absolute Gasteiger partial charge is 0.352 e. The van der Waals surface area contributed by atoms with Gasteiger partial charge < -0.3 is 20.5 Å². The van der Waals surface area contributed by atoms with Crippen LogP contribution >= 0.6 is 11.8 Å². The molecule has 2 atom stereocenters. The second-order valence-electron chi connectivity index (χ2n) is 5.59. The van der Waals surface area contributed by atoms with Crippen molar-refractivity contribution in [2.75, 3.05) is 32.0 Å². The van der Waals surface area contributed by atoms with E-state index in [0.717, 1.165) is 0 Å². The fourth-order valence-corrected chi connectivity index (χ4v) is 3.82. The lowest BCUT2D eigenvalue weighted by molar-refractivity contribution is -0.148. The first-order valence-electron chi connectivity index (χ1n) is 8.29. The topological polar surface area (TPSA) is 113 Å². The SMILES string of the molecule is CC(=O)OCC1=C(C(=O)O)N2C(=O)[C@@H](N)[C@H]2SC1.CCN(CC)CC. The maximum absolute atomic E-state index is 11.6. The number of rotatable bonds is 6. The molecule has 3 N–H and O–H groups in total. The number of nitrogens with zero attached hydrogens (tertiary/aromatic N) is 2. The van der Waals surface area contributed by atoms with Crippen molar-refractivity contribution in [3.63, 3.8) is 0 Å². The van der Waals surface area contributed by atoms with Crippen molar-refractivity contribution in [1.82, 2.24) is 9.80 Å². The number of carbonyl (C=O) groups is 3. The number of fused-ring (bicyclic) bond motifs is 1. The van der Waals surface area contributed by atoms with Crippen LogP contribution in [-0.4, -0.2) is 76.2 Å². The lowest BCUT2D eigenvalue weighted by atomic mass is 10.0. The van der Waals surface area contributed by atoms with E-state index >= 15 is 0 Å². The van der Waals surface area contributed by atoms with Gasteiger partial charge in [0.2, 0.25) is 5.91 Å². The maximum Gasteiger partial charge on any atom is 0.352 e. The first kappa shape index (κ1) is 21.5. The van der Waals surface area contributed by atoms with Crippen LogP contribution in [0.4, 0.5) is 0 Å². The van der Waals surface area contributed by atoms with Gasteiger partial charge in [-0.2, -0.15) is 0 Å². The first-order valence-corrected chi connectivity index (χ1v) is 9.34. The first-order chi connectivity index (χ1) is 11.8. The van der Waals surface area contributed by atoms with Gasteiger partial charge in [-0.15, -0.1) is 11.8 Å². The van der Waals surface area contributed by atoms with Crippen LogP contribution in [0.2, 0.25) is 0 Å². The average Bonchev–Trinajstić information content (AvgIpc) is 2.60. The highest BCUT2D eigenvalue weighted by atomic mass is 32.2. The monoisotopic (exact) mass is 373 g/mol. The summed E-state index contributed by atoms with van der Waals surface area (Å²) >= 11 is 1.37. The molecular weight excluding hydrogens is 346 g/mol. The fourth-order valence-electron chi connectivity index (χ4n) is 2.55. The molecule has 1 saturated heterocycles. The molecule has 0 radical (unpaired) electrons. The van der Waals surface area contributed by atoms with Gasteiger partial charge in [-0.1, -0.05) is 20.8 Å². The highest BCUT2D eigenvalue weighted by Crippen LogP contribution is 2.39. The molecule has 2 aliphatic rings. The number of β-lactam (4-membered cyclic amide) rings is 1. The van der Waals surface area contributed by atoms with E-state index in [2.05, 4.69) is 25.7 Å². The summed E-state index contributed by atoms with van der Waals surface area (Å²) in [6.45, 7) is 11.3. The Bertz CT molecular complexity index is 542. The fraction of sp³-hybridized carbons (Fsp3) is 0.688. The summed E-state index contributed by atoms with van der Waals surface area (Å²) in [6, 6.07) is -0.653. The second kappa shape index (κ2) is 9.79. The third kappa shape index (κ3) is 5.20. The highest BCUT2D eigenvalue weighted by molar-refractivity contribution is 8.00. The number of nitrogens with two attached hydrogens (primary N) is 1. The van der Waals surface area contributed by atoms with E-state index in [1.54, 1.807) is 0 Å². The van der Waals surface area contributed by atoms with Gasteiger partial charge in [0.25, 0.3) is 0 Å². The molecule has 1 fully saturated rings. The van der Waals surface area contributed by atoms with Crippen molar-refractivity contribution >= 4 is 29.6 Å². The number of carbonyl (C=O) groups excluding carboxylic acids is 2. The molecule has 0 aromatic heterocycles. The Hall–Kier alpha value is -1.58.